The summed E-state index contributed by atoms with van der Waals surface area (Å²) in [5, 5.41) is 2.63. The lowest BCUT2D eigenvalue weighted by molar-refractivity contribution is 0.150. The maximum atomic E-state index is 11.5. The smallest absolute Gasteiger partial charge is 0.411 e. The normalized spacial score (nSPS) is 22.7. The Morgan fingerprint density at radius 2 is 2.21 bits per heavy atom. The number of nitrogens with one attached hydrogen (secondary N) is 1. The number of alkyl halides is 1. The van der Waals surface area contributed by atoms with E-state index >= 15 is 0 Å². The summed E-state index contributed by atoms with van der Waals surface area (Å²) in [5.41, 5.74) is 0.685. The Morgan fingerprint density at radius 3 is 2.84 bits per heavy atom. The predicted molar refractivity (Wildman–Crippen MR) is 77.7 cm³/mol. The van der Waals surface area contributed by atoms with E-state index in [0.717, 1.165) is 10.9 Å². The number of anilines is 1. The lowest BCUT2D eigenvalue weighted by atomic mass is 10.2. The summed E-state index contributed by atoms with van der Waals surface area (Å²) in [4.78, 5) is 11.5. The van der Waals surface area contributed by atoms with Gasteiger partial charge in [0.25, 0.3) is 0 Å². The van der Waals surface area contributed by atoms with Gasteiger partial charge in [-0.3, -0.25) is 5.32 Å². The van der Waals surface area contributed by atoms with E-state index in [1.807, 2.05) is 19.1 Å². The number of rotatable bonds is 5. The van der Waals surface area contributed by atoms with Gasteiger partial charge in [0.2, 0.25) is 0 Å². The number of halogens is 2. The Morgan fingerprint density at radius 1 is 1.53 bits per heavy atom. The second-order valence-electron chi connectivity index (χ2n) is 4.29. The first kappa shape index (κ1) is 14.6. The van der Waals surface area contributed by atoms with Crippen LogP contribution in [0, 0.1) is 0 Å². The zero-order valence-corrected chi connectivity index (χ0v) is 12.8. The molecular formula is C13H15BrClNO3. The first-order valence-electron chi connectivity index (χ1n) is 6.09. The van der Waals surface area contributed by atoms with Gasteiger partial charge >= 0.3 is 6.09 Å². The molecule has 104 valence electrons. The number of hydrogen-bond donors (Lipinski definition) is 1. The summed E-state index contributed by atoms with van der Waals surface area (Å²) in [6.45, 7) is 2.23. The highest BCUT2D eigenvalue weighted by atomic mass is 79.9. The summed E-state index contributed by atoms with van der Waals surface area (Å²) in [7, 11) is 0. The quantitative estimate of drug-likeness (QED) is 0.651. The van der Waals surface area contributed by atoms with Gasteiger partial charge in [-0.05, 0) is 30.7 Å². The molecule has 6 heteroatoms. The van der Waals surface area contributed by atoms with Crippen LogP contribution in [0.3, 0.4) is 0 Å². The van der Waals surface area contributed by atoms with Crippen molar-refractivity contribution in [2.75, 3.05) is 11.9 Å². The molecule has 1 aromatic rings. The number of amides is 1. The second-order valence-corrected chi connectivity index (χ2v) is 5.77. The maximum absolute atomic E-state index is 11.5. The van der Waals surface area contributed by atoms with Gasteiger partial charge < -0.3 is 9.47 Å². The number of hydrogen-bond acceptors (Lipinski definition) is 3. The van der Waals surface area contributed by atoms with Gasteiger partial charge in [-0.1, -0.05) is 22.9 Å². The fourth-order valence-corrected chi connectivity index (χ4v) is 2.17. The van der Waals surface area contributed by atoms with Crippen molar-refractivity contribution in [3.05, 3.63) is 28.7 Å². The van der Waals surface area contributed by atoms with Crippen molar-refractivity contribution in [2.24, 2.45) is 0 Å². The van der Waals surface area contributed by atoms with E-state index in [9.17, 15) is 4.79 Å². The van der Waals surface area contributed by atoms with Crippen molar-refractivity contribution in [3.8, 4) is 0 Å². The van der Waals surface area contributed by atoms with E-state index in [-0.39, 0.29) is 24.2 Å². The third kappa shape index (κ3) is 4.37. The van der Waals surface area contributed by atoms with Gasteiger partial charge in [-0.15, -0.1) is 11.6 Å². The van der Waals surface area contributed by atoms with Crippen molar-refractivity contribution < 1.29 is 14.3 Å². The SMILES string of the molecule is CC[C@@H](Cl)[C@H]1O[C@H]1COC(=O)Nc1ccc(Br)cc1. The van der Waals surface area contributed by atoms with E-state index in [4.69, 9.17) is 21.1 Å². The van der Waals surface area contributed by atoms with Crippen LogP contribution in [0.1, 0.15) is 13.3 Å². The van der Waals surface area contributed by atoms with Crippen LogP contribution in [0.4, 0.5) is 10.5 Å². The minimum atomic E-state index is -0.487. The fraction of sp³-hybridized carbons (Fsp3) is 0.462. The number of carbonyl (C=O) groups excluding carboxylic acids is 1. The molecule has 1 heterocycles. The number of ether oxygens (including phenoxy) is 2. The molecular weight excluding hydrogens is 334 g/mol. The van der Waals surface area contributed by atoms with Gasteiger partial charge in [-0.25, -0.2) is 4.79 Å². The molecule has 1 aliphatic rings. The van der Waals surface area contributed by atoms with Crippen LogP contribution in [-0.4, -0.2) is 30.3 Å². The van der Waals surface area contributed by atoms with E-state index in [2.05, 4.69) is 21.2 Å². The van der Waals surface area contributed by atoms with Crippen LogP contribution in [0.25, 0.3) is 0 Å². The van der Waals surface area contributed by atoms with Gasteiger partial charge in [0.05, 0.1) is 5.38 Å². The van der Waals surface area contributed by atoms with Gasteiger partial charge in [0, 0.05) is 10.2 Å². The zero-order chi connectivity index (χ0) is 13.8. The van der Waals surface area contributed by atoms with Gasteiger partial charge in [-0.2, -0.15) is 0 Å². The van der Waals surface area contributed by atoms with Crippen LogP contribution in [0.5, 0.6) is 0 Å². The van der Waals surface area contributed by atoms with Crippen molar-refractivity contribution in [1.82, 2.24) is 0 Å². The Bertz CT molecular complexity index is 440. The van der Waals surface area contributed by atoms with Crippen molar-refractivity contribution >= 4 is 39.3 Å². The molecule has 0 radical (unpaired) electrons. The monoisotopic (exact) mass is 347 g/mol. The second kappa shape index (κ2) is 6.59. The molecule has 1 fully saturated rings. The first-order chi connectivity index (χ1) is 9.10. The molecule has 0 aliphatic carbocycles. The summed E-state index contributed by atoms with van der Waals surface area (Å²) < 4.78 is 11.4. The summed E-state index contributed by atoms with van der Waals surface area (Å²) in [5.74, 6) is 0. The molecule has 0 bridgehead atoms. The largest absolute Gasteiger partial charge is 0.446 e. The maximum Gasteiger partial charge on any atom is 0.411 e. The highest BCUT2D eigenvalue weighted by Gasteiger charge is 2.44. The predicted octanol–water partition coefficient (Wildman–Crippen LogP) is 3.78. The molecule has 0 spiro atoms. The summed E-state index contributed by atoms with van der Waals surface area (Å²) in [6, 6.07) is 7.26. The fourth-order valence-electron chi connectivity index (χ4n) is 1.69. The third-order valence-electron chi connectivity index (χ3n) is 2.84. The first-order valence-corrected chi connectivity index (χ1v) is 7.32. The zero-order valence-electron chi connectivity index (χ0n) is 10.4. The molecule has 1 aliphatic heterocycles. The van der Waals surface area contributed by atoms with Crippen LogP contribution in [0.15, 0.2) is 28.7 Å². The van der Waals surface area contributed by atoms with E-state index in [0.29, 0.717) is 5.69 Å². The molecule has 0 aromatic heterocycles. The van der Waals surface area contributed by atoms with Gasteiger partial charge in [0.1, 0.15) is 18.8 Å². The molecule has 4 nitrogen and oxygen atoms in total. The van der Waals surface area contributed by atoms with Crippen LogP contribution >= 0.6 is 27.5 Å². The van der Waals surface area contributed by atoms with Gasteiger partial charge in [0.15, 0.2) is 0 Å². The molecule has 0 unspecified atom stereocenters. The molecule has 2 rings (SSSR count). The highest BCUT2D eigenvalue weighted by Crippen LogP contribution is 2.30. The van der Waals surface area contributed by atoms with Crippen molar-refractivity contribution in [2.45, 2.75) is 30.9 Å². The van der Waals surface area contributed by atoms with Crippen molar-refractivity contribution in [1.29, 1.82) is 0 Å². The lowest BCUT2D eigenvalue weighted by Crippen LogP contribution is -2.19. The Labute approximate surface area is 125 Å². The number of epoxide rings is 1. The number of carbonyl (C=O) groups is 1. The molecule has 1 amide bonds. The van der Waals surface area contributed by atoms with Crippen LogP contribution in [-0.2, 0) is 9.47 Å². The Hall–Kier alpha value is -0.780. The molecule has 1 aromatic carbocycles. The molecule has 3 atom stereocenters. The van der Waals surface area contributed by atoms with Crippen LogP contribution < -0.4 is 5.32 Å². The third-order valence-corrected chi connectivity index (χ3v) is 3.92. The average Bonchev–Trinajstić information content (AvgIpc) is 3.18. The minimum Gasteiger partial charge on any atom is -0.446 e. The average molecular weight is 349 g/mol. The van der Waals surface area contributed by atoms with E-state index in [1.54, 1.807) is 12.1 Å². The topological polar surface area (TPSA) is 50.9 Å². The van der Waals surface area contributed by atoms with Crippen molar-refractivity contribution in [3.63, 3.8) is 0 Å². The van der Waals surface area contributed by atoms with Crippen LogP contribution in [0.2, 0.25) is 0 Å². The molecule has 1 saturated heterocycles. The summed E-state index contributed by atoms with van der Waals surface area (Å²) >= 11 is 9.36. The minimum absolute atomic E-state index is 0.00662. The molecule has 1 N–H and O–H groups in total. The lowest BCUT2D eigenvalue weighted by Gasteiger charge is -2.06. The summed E-state index contributed by atoms with van der Waals surface area (Å²) in [6.07, 6.45) is 0.290. The molecule has 19 heavy (non-hydrogen) atoms. The van der Waals surface area contributed by atoms with E-state index < -0.39 is 6.09 Å². The standard InChI is InChI=1S/C13H15BrClNO3/c1-2-10(15)12-11(19-12)7-18-13(17)16-9-5-3-8(14)4-6-9/h3-6,10-12H,2,7H2,1H3,(H,16,17)/t10-,11+,12-/m1/s1. The van der Waals surface area contributed by atoms with E-state index in [1.165, 1.54) is 0 Å². The highest BCUT2D eigenvalue weighted by molar-refractivity contribution is 9.10. The molecule has 0 saturated carbocycles. The Balaban J connectivity index is 1.70. The Kier molecular flexibility index (Phi) is 5.07. The number of benzene rings is 1.